The Balaban J connectivity index is 2.01. The summed E-state index contributed by atoms with van der Waals surface area (Å²) in [4.78, 5) is 25.7. The summed E-state index contributed by atoms with van der Waals surface area (Å²) in [5, 5.41) is 3.52. The molecule has 0 spiro atoms. The van der Waals surface area contributed by atoms with Gasteiger partial charge in [0.15, 0.2) is 0 Å². The normalized spacial score (nSPS) is 27.5. The molecule has 5 nitrogen and oxygen atoms in total. The molecule has 0 bridgehead atoms. The molecule has 0 aromatic carbocycles. The number of hydrogen-bond acceptors (Lipinski definition) is 4. The Morgan fingerprint density at radius 3 is 2.42 bits per heavy atom. The van der Waals surface area contributed by atoms with E-state index >= 15 is 0 Å². The van der Waals surface area contributed by atoms with Gasteiger partial charge < -0.3 is 15.0 Å². The lowest BCUT2D eigenvalue weighted by atomic mass is 9.93. The molecule has 2 aliphatic rings. The minimum Gasteiger partial charge on any atom is -0.469 e. The zero-order chi connectivity index (χ0) is 14.0. The summed E-state index contributed by atoms with van der Waals surface area (Å²) in [7, 11) is 1.41. The number of piperidine rings is 1. The van der Waals surface area contributed by atoms with Crippen LogP contribution in [0.15, 0.2) is 0 Å². The standard InChI is InChI=1S/C14H24N2O3/c1-9(2)13(17)16-7-10(14(18)19-3)6-12(8-16)15-11-4-5-11/h9-12,15H,4-8H2,1-3H3. The average Bonchev–Trinajstić information content (AvgIpc) is 3.20. The first-order valence-electron chi connectivity index (χ1n) is 7.14. The number of nitrogens with one attached hydrogen (secondary N) is 1. The predicted molar refractivity (Wildman–Crippen MR) is 71.5 cm³/mol. The predicted octanol–water partition coefficient (Wildman–Crippen LogP) is 0.784. The van der Waals surface area contributed by atoms with Crippen LogP contribution in [-0.2, 0) is 14.3 Å². The van der Waals surface area contributed by atoms with Crippen molar-refractivity contribution in [1.29, 1.82) is 0 Å². The zero-order valence-electron chi connectivity index (χ0n) is 12.0. The van der Waals surface area contributed by atoms with E-state index in [-0.39, 0.29) is 29.8 Å². The molecule has 1 heterocycles. The van der Waals surface area contributed by atoms with Gasteiger partial charge in [0.1, 0.15) is 0 Å². The molecule has 5 heteroatoms. The monoisotopic (exact) mass is 268 g/mol. The third-order valence-electron chi connectivity index (χ3n) is 3.84. The number of amides is 1. The SMILES string of the molecule is COC(=O)C1CC(NC2CC2)CN(C(=O)C(C)C)C1. The van der Waals surface area contributed by atoms with Gasteiger partial charge in [0.25, 0.3) is 0 Å². The molecular formula is C14H24N2O3. The summed E-state index contributed by atoms with van der Waals surface area (Å²) in [5.41, 5.74) is 0. The molecule has 0 aromatic rings. The van der Waals surface area contributed by atoms with E-state index in [1.807, 2.05) is 18.7 Å². The second-order valence-corrected chi connectivity index (χ2v) is 5.99. The second-order valence-electron chi connectivity index (χ2n) is 5.99. The summed E-state index contributed by atoms with van der Waals surface area (Å²) < 4.78 is 4.84. The average molecular weight is 268 g/mol. The molecule has 19 heavy (non-hydrogen) atoms. The highest BCUT2D eigenvalue weighted by molar-refractivity contribution is 5.80. The smallest absolute Gasteiger partial charge is 0.310 e. The maximum atomic E-state index is 12.1. The van der Waals surface area contributed by atoms with Gasteiger partial charge in [0.2, 0.25) is 5.91 Å². The van der Waals surface area contributed by atoms with Gasteiger partial charge in [0, 0.05) is 31.1 Å². The van der Waals surface area contributed by atoms with Gasteiger partial charge in [-0.15, -0.1) is 0 Å². The molecule has 0 aromatic heterocycles. The zero-order valence-corrected chi connectivity index (χ0v) is 12.0. The third-order valence-corrected chi connectivity index (χ3v) is 3.84. The van der Waals surface area contributed by atoms with E-state index in [0.717, 1.165) is 6.42 Å². The van der Waals surface area contributed by atoms with Crippen molar-refractivity contribution in [3.63, 3.8) is 0 Å². The molecule has 1 aliphatic carbocycles. The Labute approximate surface area is 114 Å². The molecule has 1 N–H and O–H groups in total. The van der Waals surface area contributed by atoms with Crippen LogP contribution in [0.1, 0.15) is 33.1 Å². The number of esters is 1. The van der Waals surface area contributed by atoms with E-state index in [2.05, 4.69) is 5.32 Å². The fourth-order valence-electron chi connectivity index (χ4n) is 2.69. The molecule has 1 aliphatic heterocycles. The topological polar surface area (TPSA) is 58.6 Å². The van der Waals surface area contributed by atoms with Crippen molar-refractivity contribution >= 4 is 11.9 Å². The van der Waals surface area contributed by atoms with Gasteiger partial charge >= 0.3 is 5.97 Å². The Morgan fingerprint density at radius 1 is 1.21 bits per heavy atom. The number of likely N-dealkylation sites (tertiary alicyclic amines) is 1. The number of rotatable bonds is 4. The summed E-state index contributed by atoms with van der Waals surface area (Å²) >= 11 is 0. The first-order valence-corrected chi connectivity index (χ1v) is 7.14. The van der Waals surface area contributed by atoms with Gasteiger partial charge in [-0.2, -0.15) is 0 Å². The van der Waals surface area contributed by atoms with Crippen LogP contribution in [0.25, 0.3) is 0 Å². The van der Waals surface area contributed by atoms with Crippen molar-refractivity contribution < 1.29 is 14.3 Å². The maximum absolute atomic E-state index is 12.1. The fourth-order valence-corrected chi connectivity index (χ4v) is 2.69. The molecule has 1 saturated heterocycles. The van der Waals surface area contributed by atoms with Gasteiger partial charge in [0.05, 0.1) is 13.0 Å². The lowest BCUT2D eigenvalue weighted by molar-refractivity contribution is -0.150. The van der Waals surface area contributed by atoms with E-state index in [9.17, 15) is 9.59 Å². The largest absolute Gasteiger partial charge is 0.469 e. The fraction of sp³-hybridized carbons (Fsp3) is 0.857. The quantitative estimate of drug-likeness (QED) is 0.766. The number of carbonyl (C=O) groups excluding carboxylic acids is 2. The van der Waals surface area contributed by atoms with Gasteiger partial charge in [-0.25, -0.2) is 0 Å². The van der Waals surface area contributed by atoms with Crippen LogP contribution in [0, 0.1) is 11.8 Å². The van der Waals surface area contributed by atoms with Gasteiger partial charge in [-0.3, -0.25) is 9.59 Å². The van der Waals surface area contributed by atoms with E-state index in [0.29, 0.717) is 19.1 Å². The van der Waals surface area contributed by atoms with Crippen LogP contribution < -0.4 is 5.32 Å². The van der Waals surface area contributed by atoms with Crippen molar-refractivity contribution in [2.24, 2.45) is 11.8 Å². The van der Waals surface area contributed by atoms with E-state index in [1.54, 1.807) is 0 Å². The number of nitrogens with zero attached hydrogens (tertiary/aromatic N) is 1. The van der Waals surface area contributed by atoms with Crippen molar-refractivity contribution in [1.82, 2.24) is 10.2 Å². The number of hydrogen-bond donors (Lipinski definition) is 1. The highest BCUT2D eigenvalue weighted by Crippen LogP contribution is 2.25. The van der Waals surface area contributed by atoms with Crippen LogP contribution >= 0.6 is 0 Å². The van der Waals surface area contributed by atoms with Crippen LogP contribution in [0.2, 0.25) is 0 Å². The van der Waals surface area contributed by atoms with Crippen LogP contribution in [-0.4, -0.2) is 49.1 Å². The minimum atomic E-state index is -0.205. The van der Waals surface area contributed by atoms with Crippen molar-refractivity contribution in [3.05, 3.63) is 0 Å². The van der Waals surface area contributed by atoms with E-state index in [4.69, 9.17) is 4.74 Å². The highest BCUT2D eigenvalue weighted by atomic mass is 16.5. The molecule has 0 radical (unpaired) electrons. The Kier molecular flexibility index (Phi) is 4.45. The lowest BCUT2D eigenvalue weighted by Crippen LogP contribution is -2.54. The Bertz CT molecular complexity index is 353. The van der Waals surface area contributed by atoms with Crippen LogP contribution in [0.4, 0.5) is 0 Å². The molecule has 1 saturated carbocycles. The summed E-state index contributed by atoms with van der Waals surface area (Å²) in [6.45, 7) is 4.99. The van der Waals surface area contributed by atoms with Gasteiger partial charge in [-0.1, -0.05) is 13.8 Å². The van der Waals surface area contributed by atoms with Crippen LogP contribution in [0.3, 0.4) is 0 Å². The molecule has 108 valence electrons. The lowest BCUT2D eigenvalue weighted by Gasteiger charge is -2.38. The van der Waals surface area contributed by atoms with Crippen LogP contribution in [0.5, 0.6) is 0 Å². The first-order chi connectivity index (χ1) is 9.01. The minimum absolute atomic E-state index is 0.0297. The summed E-state index contributed by atoms with van der Waals surface area (Å²) in [6, 6.07) is 0.797. The first kappa shape index (κ1) is 14.3. The van der Waals surface area contributed by atoms with Crippen molar-refractivity contribution in [2.75, 3.05) is 20.2 Å². The molecule has 2 rings (SSSR count). The molecule has 2 fully saturated rings. The second kappa shape index (κ2) is 5.90. The Hall–Kier alpha value is -1.10. The number of ether oxygens (including phenoxy) is 1. The maximum Gasteiger partial charge on any atom is 0.310 e. The molecule has 2 atom stereocenters. The number of carbonyl (C=O) groups is 2. The van der Waals surface area contributed by atoms with E-state index < -0.39 is 0 Å². The summed E-state index contributed by atoms with van der Waals surface area (Å²) in [6.07, 6.45) is 3.18. The highest BCUT2D eigenvalue weighted by Gasteiger charge is 2.37. The molecular weight excluding hydrogens is 244 g/mol. The van der Waals surface area contributed by atoms with E-state index in [1.165, 1.54) is 20.0 Å². The summed E-state index contributed by atoms with van der Waals surface area (Å²) in [5.74, 6) is -0.310. The third kappa shape index (κ3) is 3.69. The molecule has 2 unspecified atom stereocenters. The number of methoxy groups -OCH3 is 1. The Morgan fingerprint density at radius 2 is 1.89 bits per heavy atom. The molecule has 1 amide bonds. The van der Waals surface area contributed by atoms with Gasteiger partial charge in [-0.05, 0) is 19.3 Å². The van der Waals surface area contributed by atoms with Crippen molar-refractivity contribution in [2.45, 2.75) is 45.2 Å². The van der Waals surface area contributed by atoms with Crippen molar-refractivity contribution in [3.8, 4) is 0 Å².